The van der Waals surface area contributed by atoms with Gasteiger partial charge in [-0.2, -0.15) is 0 Å². The molecule has 0 bridgehead atoms. The van der Waals surface area contributed by atoms with E-state index in [0.717, 1.165) is 32.7 Å². The Labute approximate surface area is 219 Å². The lowest BCUT2D eigenvalue weighted by Gasteiger charge is -2.19. The van der Waals surface area contributed by atoms with Gasteiger partial charge in [0.2, 0.25) is 0 Å². The van der Waals surface area contributed by atoms with Crippen LogP contribution in [-0.2, 0) is 44.6 Å². The van der Waals surface area contributed by atoms with Crippen molar-refractivity contribution in [2.75, 3.05) is 13.2 Å². The second-order valence-corrected chi connectivity index (χ2v) is 8.95. The molecule has 0 aliphatic heterocycles. The van der Waals surface area contributed by atoms with Crippen LogP contribution in [-0.4, -0.2) is 54.1 Å². The Morgan fingerprint density at radius 1 is 0.711 bits per heavy atom. The molecule has 0 radical (unpaired) electrons. The van der Waals surface area contributed by atoms with Crippen LogP contribution in [0.1, 0.15) is 43.7 Å². The summed E-state index contributed by atoms with van der Waals surface area (Å²) in [5.74, 6) is -3.41. The maximum atomic E-state index is 12.9. The van der Waals surface area contributed by atoms with Gasteiger partial charge < -0.3 is 24.1 Å². The fourth-order valence-electron chi connectivity index (χ4n) is 4.11. The average Bonchev–Trinajstić information content (AvgIpc) is 2.90. The van der Waals surface area contributed by atoms with Gasteiger partial charge in [0, 0.05) is 6.42 Å². The summed E-state index contributed by atoms with van der Waals surface area (Å²) in [5, 5.41) is 12.6. The molecule has 9 nitrogen and oxygen atoms in total. The molecule has 0 saturated heterocycles. The summed E-state index contributed by atoms with van der Waals surface area (Å²) in [6.45, 7) is 2.58. The number of carboxylic acids is 1. The first-order valence-electron chi connectivity index (χ1n) is 12.3. The van der Waals surface area contributed by atoms with Gasteiger partial charge in [-0.15, -0.1) is 0 Å². The maximum absolute atomic E-state index is 12.9. The smallest absolute Gasteiger partial charge is 0.310 e. The quantitative estimate of drug-likeness (QED) is 0.200. The fourth-order valence-corrected chi connectivity index (χ4v) is 4.11. The lowest BCUT2D eigenvalue weighted by molar-refractivity contribution is -0.167. The number of hydrogen-bond donors (Lipinski definition) is 1. The number of esters is 3. The minimum atomic E-state index is -1.15. The number of aryl methyl sites for hydroxylation is 1. The zero-order chi connectivity index (χ0) is 27.7. The number of fused-ring (bicyclic) bond motifs is 2. The topological polar surface area (TPSA) is 133 Å². The zero-order valence-corrected chi connectivity index (χ0v) is 21.4. The molecule has 9 heteroatoms. The highest BCUT2D eigenvalue weighted by Gasteiger charge is 2.21. The molecule has 38 heavy (non-hydrogen) atoms. The number of carbonyl (C=O) groups excluding carboxylic acids is 4. The summed E-state index contributed by atoms with van der Waals surface area (Å²) in [6, 6.07) is 15.6. The molecule has 1 unspecified atom stereocenters. The SMILES string of the molecule is CC(=O)CCC(=O)OC(COC(=O)CCC(=O)O)COC(=O)Cc1c2ccccc2c(C)c2ccccc12. The van der Waals surface area contributed by atoms with Crippen molar-refractivity contribution in [3.8, 4) is 0 Å². The molecule has 0 amide bonds. The predicted octanol–water partition coefficient (Wildman–Crippen LogP) is 4.08. The van der Waals surface area contributed by atoms with Gasteiger partial charge in [-0.1, -0.05) is 48.5 Å². The number of ketones is 1. The van der Waals surface area contributed by atoms with Gasteiger partial charge in [0.05, 0.1) is 25.7 Å². The molecule has 3 aromatic carbocycles. The van der Waals surface area contributed by atoms with Gasteiger partial charge in [-0.05, 0) is 46.5 Å². The third-order valence-electron chi connectivity index (χ3n) is 6.02. The number of rotatable bonds is 13. The summed E-state index contributed by atoms with van der Waals surface area (Å²) in [7, 11) is 0. The van der Waals surface area contributed by atoms with Crippen LogP contribution in [0.25, 0.3) is 21.5 Å². The third kappa shape index (κ3) is 7.86. The summed E-state index contributed by atoms with van der Waals surface area (Å²) in [6.07, 6.45) is -2.10. The Kier molecular flexibility index (Phi) is 9.92. The van der Waals surface area contributed by atoms with Crippen molar-refractivity contribution in [2.45, 2.75) is 52.1 Å². The van der Waals surface area contributed by atoms with E-state index in [1.165, 1.54) is 6.92 Å². The van der Waals surface area contributed by atoms with E-state index in [9.17, 15) is 24.0 Å². The van der Waals surface area contributed by atoms with Crippen LogP contribution >= 0.6 is 0 Å². The molecule has 0 aromatic heterocycles. The van der Waals surface area contributed by atoms with E-state index in [4.69, 9.17) is 19.3 Å². The molecular formula is C29H30O9. The summed E-state index contributed by atoms with van der Waals surface area (Å²) in [4.78, 5) is 58.7. The first-order valence-corrected chi connectivity index (χ1v) is 12.3. The standard InChI is InChI=1S/C29H30O9/c1-18(30)11-13-28(34)38-20(16-36-27(33)14-12-26(31)32)17-37-29(35)15-25-23-9-5-3-7-21(23)19(2)22-8-4-6-10-24(22)25/h3-10,20H,11-17H2,1-2H3,(H,31,32). The second-order valence-electron chi connectivity index (χ2n) is 8.95. The first-order chi connectivity index (χ1) is 18.2. The Balaban J connectivity index is 1.72. The van der Waals surface area contributed by atoms with Crippen molar-refractivity contribution in [3.05, 3.63) is 59.7 Å². The van der Waals surface area contributed by atoms with Crippen LogP contribution in [0, 0.1) is 6.92 Å². The predicted molar refractivity (Wildman–Crippen MR) is 138 cm³/mol. The maximum Gasteiger partial charge on any atom is 0.310 e. The van der Waals surface area contributed by atoms with Gasteiger partial charge in [-0.3, -0.25) is 19.2 Å². The van der Waals surface area contributed by atoms with E-state index >= 15 is 0 Å². The Bertz CT molecular complexity index is 1300. The van der Waals surface area contributed by atoms with E-state index in [1.54, 1.807) is 0 Å². The van der Waals surface area contributed by atoms with Gasteiger partial charge in [0.15, 0.2) is 6.10 Å². The average molecular weight is 523 g/mol. The van der Waals surface area contributed by atoms with Gasteiger partial charge in [0.25, 0.3) is 0 Å². The first kappa shape index (κ1) is 28.3. The van der Waals surface area contributed by atoms with Crippen molar-refractivity contribution in [1.82, 2.24) is 0 Å². The van der Waals surface area contributed by atoms with E-state index in [1.807, 2.05) is 55.5 Å². The molecule has 0 aliphatic rings. The molecule has 0 saturated carbocycles. The minimum Gasteiger partial charge on any atom is -0.481 e. The van der Waals surface area contributed by atoms with Crippen molar-refractivity contribution in [3.63, 3.8) is 0 Å². The highest BCUT2D eigenvalue weighted by molar-refractivity contribution is 6.07. The van der Waals surface area contributed by atoms with Crippen LogP contribution in [0.4, 0.5) is 0 Å². The fraction of sp³-hybridized carbons (Fsp3) is 0.345. The molecule has 1 atom stereocenters. The van der Waals surface area contributed by atoms with Crippen LogP contribution in [0.5, 0.6) is 0 Å². The number of carbonyl (C=O) groups is 5. The number of carboxylic acid groups (broad SMARTS) is 1. The Morgan fingerprint density at radius 3 is 1.74 bits per heavy atom. The summed E-state index contributed by atoms with van der Waals surface area (Å²) in [5.41, 5.74) is 1.91. The van der Waals surface area contributed by atoms with E-state index < -0.39 is 43.0 Å². The van der Waals surface area contributed by atoms with Crippen molar-refractivity contribution >= 4 is 51.2 Å². The summed E-state index contributed by atoms with van der Waals surface area (Å²) < 4.78 is 15.7. The number of Topliss-reactive ketones (excluding diaryl/α,β-unsaturated/α-hetero) is 1. The number of ether oxygens (including phenoxy) is 3. The molecule has 3 rings (SSSR count). The Hall–Kier alpha value is -4.27. The monoisotopic (exact) mass is 522 g/mol. The molecular weight excluding hydrogens is 492 g/mol. The third-order valence-corrected chi connectivity index (χ3v) is 6.02. The lowest BCUT2D eigenvalue weighted by atomic mass is 9.91. The molecule has 0 fully saturated rings. The molecule has 0 heterocycles. The molecule has 0 spiro atoms. The number of aliphatic carboxylic acids is 1. The van der Waals surface area contributed by atoms with Gasteiger partial charge in [0.1, 0.15) is 19.0 Å². The van der Waals surface area contributed by atoms with Gasteiger partial charge >= 0.3 is 23.9 Å². The lowest BCUT2D eigenvalue weighted by Crippen LogP contribution is -2.31. The number of hydrogen-bond acceptors (Lipinski definition) is 8. The van der Waals surface area contributed by atoms with E-state index in [0.29, 0.717) is 0 Å². The van der Waals surface area contributed by atoms with E-state index in [2.05, 4.69) is 0 Å². The zero-order valence-electron chi connectivity index (χ0n) is 21.4. The van der Waals surface area contributed by atoms with Crippen LogP contribution in [0.2, 0.25) is 0 Å². The highest BCUT2D eigenvalue weighted by Crippen LogP contribution is 2.32. The molecule has 1 N–H and O–H groups in total. The van der Waals surface area contributed by atoms with Crippen molar-refractivity contribution < 1.29 is 43.3 Å². The normalized spacial score (nSPS) is 11.6. The minimum absolute atomic E-state index is 0.0166. The van der Waals surface area contributed by atoms with Gasteiger partial charge in [-0.25, -0.2) is 0 Å². The van der Waals surface area contributed by atoms with Crippen LogP contribution in [0.15, 0.2) is 48.5 Å². The van der Waals surface area contributed by atoms with E-state index in [-0.39, 0.29) is 38.1 Å². The van der Waals surface area contributed by atoms with Crippen LogP contribution in [0.3, 0.4) is 0 Å². The molecule has 3 aromatic rings. The van der Waals surface area contributed by atoms with Crippen molar-refractivity contribution in [1.29, 1.82) is 0 Å². The Morgan fingerprint density at radius 2 is 1.21 bits per heavy atom. The van der Waals surface area contributed by atoms with Crippen molar-refractivity contribution in [2.24, 2.45) is 0 Å². The van der Waals surface area contributed by atoms with Crippen LogP contribution < -0.4 is 0 Å². The number of benzene rings is 3. The molecule has 200 valence electrons. The molecule has 0 aliphatic carbocycles. The summed E-state index contributed by atoms with van der Waals surface area (Å²) >= 11 is 0. The largest absolute Gasteiger partial charge is 0.481 e. The second kappa shape index (κ2) is 13.3. The highest BCUT2D eigenvalue weighted by atomic mass is 16.6.